The minimum absolute atomic E-state index is 0.00884. The number of methoxy groups -OCH3 is 2. The highest BCUT2D eigenvalue weighted by molar-refractivity contribution is 5.91. The maximum atomic E-state index is 13.9. The van der Waals surface area contributed by atoms with Crippen molar-refractivity contribution in [3.8, 4) is 11.5 Å². The highest BCUT2D eigenvalue weighted by Crippen LogP contribution is 2.49. The van der Waals surface area contributed by atoms with Gasteiger partial charge in [0.2, 0.25) is 0 Å². The molecule has 1 heterocycles. The van der Waals surface area contributed by atoms with Crippen LogP contribution in [0.25, 0.3) is 0 Å². The molecule has 40 heavy (non-hydrogen) atoms. The zero-order valence-corrected chi connectivity index (χ0v) is 23.2. The van der Waals surface area contributed by atoms with Crippen molar-refractivity contribution in [2.75, 3.05) is 14.2 Å². The van der Waals surface area contributed by atoms with Crippen molar-refractivity contribution in [1.29, 1.82) is 0 Å². The first-order valence-electron chi connectivity index (χ1n) is 12.8. The predicted octanol–water partition coefficient (Wildman–Crippen LogP) is 5.60. The first kappa shape index (κ1) is 28.6. The van der Waals surface area contributed by atoms with Crippen LogP contribution in [0.1, 0.15) is 49.7 Å². The summed E-state index contributed by atoms with van der Waals surface area (Å²) in [6, 6.07) is 22.2. The number of carbonyl (C=O) groups excluding carboxylic acids is 3. The Kier molecular flexibility index (Phi) is 8.74. The normalized spacial score (nSPS) is 18.6. The lowest BCUT2D eigenvalue weighted by molar-refractivity contribution is -0.173. The third-order valence-corrected chi connectivity index (χ3v) is 6.42. The number of amides is 1. The van der Waals surface area contributed by atoms with Crippen molar-refractivity contribution in [2.24, 2.45) is 5.41 Å². The van der Waals surface area contributed by atoms with Crippen molar-refractivity contribution in [1.82, 2.24) is 4.90 Å². The van der Waals surface area contributed by atoms with E-state index in [1.807, 2.05) is 36.4 Å². The van der Waals surface area contributed by atoms with E-state index in [1.54, 1.807) is 63.2 Å². The molecular weight excluding hydrogens is 514 g/mol. The molecule has 1 saturated heterocycles. The molecule has 0 saturated carbocycles. The van der Waals surface area contributed by atoms with Crippen LogP contribution >= 0.6 is 0 Å². The number of hydrogen-bond acceptors (Lipinski definition) is 8. The number of carbonyl (C=O) groups is 3. The van der Waals surface area contributed by atoms with Gasteiger partial charge in [-0.05, 0) is 44.0 Å². The Morgan fingerprint density at radius 2 is 1.40 bits per heavy atom. The summed E-state index contributed by atoms with van der Waals surface area (Å²) in [6.45, 7) is 4.92. The zero-order valence-electron chi connectivity index (χ0n) is 23.2. The van der Waals surface area contributed by atoms with Crippen molar-refractivity contribution < 1.29 is 38.1 Å². The van der Waals surface area contributed by atoms with E-state index in [1.165, 1.54) is 19.1 Å². The van der Waals surface area contributed by atoms with Crippen LogP contribution in [0, 0.1) is 5.41 Å². The molecule has 0 bridgehead atoms. The molecule has 1 fully saturated rings. The maximum absolute atomic E-state index is 13.9. The van der Waals surface area contributed by atoms with E-state index < -0.39 is 41.8 Å². The van der Waals surface area contributed by atoms with Crippen LogP contribution in [-0.2, 0) is 30.4 Å². The van der Waals surface area contributed by atoms with Crippen LogP contribution in [0.5, 0.6) is 11.5 Å². The summed E-state index contributed by atoms with van der Waals surface area (Å²) >= 11 is 0. The fourth-order valence-corrected chi connectivity index (χ4v) is 4.38. The summed E-state index contributed by atoms with van der Waals surface area (Å²) in [4.78, 5) is 41.4. The molecule has 1 aliphatic rings. The van der Waals surface area contributed by atoms with E-state index in [9.17, 15) is 14.4 Å². The lowest BCUT2D eigenvalue weighted by Gasteiger charge is -2.29. The molecule has 0 aromatic heterocycles. The Balaban J connectivity index is 1.81. The van der Waals surface area contributed by atoms with Gasteiger partial charge in [0, 0.05) is 0 Å². The van der Waals surface area contributed by atoms with Gasteiger partial charge in [0.25, 0.3) is 0 Å². The van der Waals surface area contributed by atoms with Crippen molar-refractivity contribution in [2.45, 2.75) is 45.8 Å². The summed E-state index contributed by atoms with van der Waals surface area (Å²) in [5.74, 6) is -0.899. The SMILES string of the molecule is COc1cccc(OC)c1C1O[C@@H](C(=O)OC(=O)C(C)(C)C)C(c2ccccc2)N1C(=O)OCc1ccccc1. The van der Waals surface area contributed by atoms with Crippen LogP contribution in [0.15, 0.2) is 78.9 Å². The second-order valence-corrected chi connectivity index (χ2v) is 10.2. The first-order chi connectivity index (χ1) is 19.2. The van der Waals surface area contributed by atoms with Gasteiger partial charge in [-0.1, -0.05) is 66.7 Å². The summed E-state index contributed by atoms with van der Waals surface area (Å²) in [6.07, 6.45) is -3.28. The lowest BCUT2D eigenvalue weighted by atomic mass is 9.97. The standard InChI is InChI=1S/C31H33NO8/c1-31(2,3)29(34)40-28(33)26-25(21-15-10-7-11-16-21)32(30(35)38-19-20-13-8-6-9-14-20)27(39-26)24-22(36-4)17-12-18-23(24)37-5/h6-18,25-27H,19H2,1-5H3/t25?,26-,27?/m1/s1. The average Bonchev–Trinajstić information content (AvgIpc) is 3.36. The van der Waals surface area contributed by atoms with Crippen LogP contribution in [0.2, 0.25) is 0 Å². The van der Waals surface area contributed by atoms with E-state index in [2.05, 4.69) is 0 Å². The van der Waals surface area contributed by atoms with Gasteiger partial charge >= 0.3 is 18.0 Å². The van der Waals surface area contributed by atoms with Crippen molar-refractivity contribution >= 4 is 18.0 Å². The number of nitrogens with zero attached hydrogens (tertiary/aromatic N) is 1. The molecule has 210 valence electrons. The highest BCUT2D eigenvalue weighted by atomic mass is 16.6. The topological polar surface area (TPSA) is 101 Å². The summed E-state index contributed by atoms with van der Waals surface area (Å²) in [5.41, 5.74) is 0.810. The van der Waals surface area contributed by atoms with Crippen LogP contribution < -0.4 is 9.47 Å². The molecule has 9 nitrogen and oxygen atoms in total. The predicted molar refractivity (Wildman–Crippen MR) is 145 cm³/mol. The molecule has 0 radical (unpaired) electrons. The molecule has 3 aromatic rings. The second-order valence-electron chi connectivity index (χ2n) is 10.2. The van der Waals surface area contributed by atoms with Crippen molar-refractivity contribution in [3.63, 3.8) is 0 Å². The molecule has 0 N–H and O–H groups in total. The van der Waals surface area contributed by atoms with Gasteiger partial charge in [-0.15, -0.1) is 0 Å². The molecule has 3 atom stereocenters. The van der Waals surface area contributed by atoms with Crippen LogP contribution in [0.4, 0.5) is 4.79 Å². The Hall–Kier alpha value is -4.37. The number of hydrogen-bond donors (Lipinski definition) is 0. The van der Waals surface area contributed by atoms with Gasteiger partial charge in [0.15, 0.2) is 12.3 Å². The Morgan fingerprint density at radius 3 is 1.95 bits per heavy atom. The van der Waals surface area contributed by atoms with Gasteiger partial charge in [-0.3, -0.25) is 9.69 Å². The van der Waals surface area contributed by atoms with Crippen LogP contribution in [-0.4, -0.2) is 43.3 Å². The smallest absolute Gasteiger partial charge is 0.413 e. The van der Waals surface area contributed by atoms with E-state index >= 15 is 0 Å². The quantitative estimate of drug-likeness (QED) is 0.279. The fourth-order valence-electron chi connectivity index (χ4n) is 4.38. The largest absolute Gasteiger partial charge is 0.496 e. The maximum Gasteiger partial charge on any atom is 0.413 e. The minimum Gasteiger partial charge on any atom is -0.496 e. The van der Waals surface area contributed by atoms with E-state index in [0.717, 1.165) is 5.56 Å². The highest BCUT2D eigenvalue weighted by Gasteiger charge is 2.53. The Labute approximate surface area is 233 Å². The number of ether oxygens (including phenoxy) is 5. The Bertz CT molecular complexity index is 1310. The number of rotatable bonds is 7. The molecule has 1 aliphatic heterocycles. The van der Waals surface area contributed by atoms with E-state index in [4.69, 9.17) is 23.7 Å². The van der Waals surface area contributed by atoms with Gasteiger partial charge in [-0.2, -0.15) is 0 Å². The van der Waals surface area contributed by atoms with Gasteiger partial charge in [0.1, 0.15) is 24.1 Å². The summed E-state index contributed by atoms with van der Waals surface area (Å²) in [5, 5.41) is 0. The molecule has 4 rings (SSSR count). The first-order valence-corrected chi connectivity index (χ1v) is 12.8. The summed E-state index contributed by atoms with van der Waals surface area (Å²) in [7, 11) is 2.96. The summed E-state index contributed by atoms with van der Waals surface area (Å²) < 4.78 is 28.5. The molecule has 3 aromatic carbocycles. The van der Waals surface area contributed by atoms with Gasteiger partial charge < -0.3 is 23.7 Å². The molecular formula is C31H33NO8. The molecule has 9 heteroatoms. The zero-order chi connectivity index (χ0) is 28.9. The van der Waals surface area contributed by atoms with E-state index in [0.29, 0.717) is 22.6 Å². The molecule has 0 spiro atoms. The molecule has 0 aliphatic carbocycles. The molecule has 1 amide bonds. The van der Waals surface area contributed by atoms with Gasteiger partial charge in [-0.25, -0.2) is 9.59 Å². The van der Waals surface area contributed by atoms with Gasteiger partial charge in [0.05, 0.1) is 25.2 Å². The third kappa shape index (κ3) is 6.10. The monoisotopic (exact) mass is 547 g/mol. The van der Waals surface area contributed by atoms with Crippen molar-refractivity contribution in [3.05, 3.63) is 95.6 Å². The lowest BCUT2D eigenvalue weighted by Crippen LogP contribution is -2.39. The fraction of sp³-hybridized carbons (Fsp3) is 0.323. The average molecular weight is 548 g/mol. The Morgan fingerprint density at radius 1 is 0.825 bits per heavy atom. The van der Waals surface area contributed by atoms with Crippen LogP contribution in [0.3, 0.4) is 0 Å². The van der Waals surface area contributed by atoms with E-state index in [-0.39, 0.29) is 6.61 Å². The molecule has 2 unspecified atom stereocenters. The number of benzene rings is 3. The minimum atomic E-state index is -1.36. The number of esters is 2. The third-order valence-electron chi connectivity index (χ3n) is 6.42. The second kappa shape index (κ2) is 12.2.